The van der Waals surface area contributed by atoms with Gasteiger partial charge in [0.2, 0.25) is 10.0 Å². The van der Waals surface area contributed by atoms with E-state index in [2.05, 4.69) is 25.1 Å². The maximum atomic E-state index is 12.8. The lowest BCUT2D eigenvalue weighted by atomic mass is 9.95. The molecule has 2 heterocycles. The van der Waals surface area contributed by atoms with Gasteiger partial charge in [-0.25, -0.2) is 13.1 Å². The number of nitrogens with one attached hydrogen (secondary N) is 1. The summed E-state index contributed by atoms with van der Waals surface area (Å²) in [4.78, 5) is 1.48. The number of fused-ring (bicyclic) bond motifs is 1. The van der Waals surface area contributed by atoms with Gasteiger partial charge >= 0.3 is 0 Å². The van der Waals surface area contributed by atoms with Crippen molar-refractivity contribution in [3.63, 3.8) is 0 Å². The smallest absolute Gasteiger partial charge is 0.243 e. The molecule has 1 aliphatic rings. The molecular formula is C16H21N7O2S. The topological polar surface area (TPSA) is 108 Å². The molecule has 2 aromatic heterocycles. The van der Waals surface area contributed by atoms with Crippen LogP contribution >= 0.6 is 0 Å². The molecule has 0 unspecified atom stereocenters. The van der Waals surface area contributed by atoms with Crippen molar-refractivity contribution in [2.45, 2.75) is 49.6 Å². The predicted molar refractivity (Wildman–Crippen MR) is 94.7 cm³/mol. The fraction of sp³-hybridized carbons (Fsp3) is 0.500. The van der Waals surface area contributed by atoms with E-state index in [1.807, 2.05) is 4.57 Å². The van der Waals surface area contributed by atoms with Gasteiger partial charge in [0.1, 0.15) is 28.1 Å². The molecule has 0 saturated heterocycles. The van der Waals surface area contributed by atoms with Gasteiger partial charge in [-0.15, -0.1) is 10.2 Å². The van der Waals surface area contributed by atoms with Crippen LogP contribution in [0.5, 0.6) is 0 Å². The third-order valence-electron chi connectivity index (χ3n) is 4.80. The van der Waals surface area contributed by atoms with Crippen LogP contribution < -0.4 is 4.72 Å². The van der Waals surface area contributed by atoms with Crippen LogP contribution in [0.15, 0.2) is 29.4 Å². The predicted octanol–water partition coefficient (Wildman–Crippen LogP) is 1.54. The lowest BCUT2D eigenvalue weighted by Crippen LogP contribution is -2.26. The lowest BCUT2D eigenvalue weighted by molar-refractivity contribution is 0.344. The molecule has 0 radical (unpaired) electrons. The summed E-state index contributed by atoms with van der Waals surface area (Å²) in [7, 11) is -2.08. The Labute approximate surface area is 151 Å². The maximum Gasteiger partial charge on any atom is 0.243 e. The van der Waals surface area contributed by atoms with Gasteiger partial charge in [-0.05, 0) is 25.0 Å². The van der Waals surface area contributed by atoms with Gasteiger partial charge in [-0.2, -0.15) is 15.0 Å². The quantitative estimate of drug-likeness (QED) is 0.725. The molecule has 3 aromatic rings. The Hall–Kier alpha value is -2.33. The summed E-state index contributed by atoms with van der Waals surface area (Å²) >= 11 is 0. The molecule has 0 aliphatic heterocycles. The molecule has 1 N–H and O–H groups in total. The molecule has 0 bridgehead atoms. The first-order valence-corrected chi connectivity index (χ1v) is 10.2. The van der Waals surface area contributed by atoms with Crippen LogP contribution in [-0.2, 0) is 23.6 Å². The monoisotopic (exact) mass is 375 g/mol. The zero-order chi connectivity index (χ0) is 18.1. The first-order valence-electron chi connectivity index (χ1n) is 8.73. The minimum absolute atomic E-state index is 0.0927. The number of hydrogen-bond donors (Lipinski definition) is 1. The normalized spacial score (nSPS) is 16.3. The SMILES string of the molecule is Cn1nc2cccc(S(=O)(=O)NCc3nncn3C3CCCCC3)c2n1. The molecule has 138 valence electrons. The van der Waals surface area contributed by atoms with E-state index < -0.39 is 10.0 Å². The first-order chi connectivity index (χ1) is 12.5. The number of benzene rings is 1. The summed E-state index contributed by atoms with van der Waals surface area (Å²) < 4.78 is 30.2. The fourth-order valence-electron chi connectivity index (χ4n) is 3.53. The average Bonchev–Trinajstić information content (AvgIpc) is 3.25. The molecule has 9 nitrogen and oxygen atoms in total. The summed E-state index contributed by atoms with van der Waals surface area (Å²) in [5, 5.41) is 16.4. The Morgan fingerprint density at radius 1 is 1.19 bits per heavy atom. The van der Waals surface area contributed by atoms with Crippen LogP contribution in [0.3, 0.4) is 0 Å². The van der Waals surface area contributed by atoms with Crippen molar-refractivity contribution < 1.29 is 8.42 Å². The number of aromatic nitrogens is 6. The van der Waals surface area contributed by atoms with Gasteiger partial charge in [0.25, 0.3) is 0 Å². The van der Waals surface area contributed by atoms with Crippen LogP contribution in [0, 0.1) is 0 Å². The van der Waals surface area contributed by atoms with Crippen molar-refractivity contribution in [3.8, 4) is 0 Å². The minimum Gasteiger partial charge on any atom is -0.313 e. The second kappa shape index (κ2) is 6.76. The number of sulfonamides is 1. The third kappa shape index (κ3) is 3.21. The fourth-order valence-corrected chi connectivity index (χ4v) is 4.66. The van der Waals surface area contributed by atoms with Crippen LogP contribution in [0.2, 0.25) is 0 Å². The van der Waals surface area contributed by atoms with E-state index in [0.717, 1.165) is 12.8 Å². The number of aryl methyl sites for hydroxylation is 1. The van der Waals surface area contributed by atoms with E-state index in [1.54, 1.807) is 25.5 Å². The molecule has 0 spiro atoms. The highest BCUT2D eigenvalue weighted by molar-refractivity contribution is 7.89. The molecule has 10 heteroatoms. The second-order valence-electron chi connectivity index (χ2n) is 6.58. The molecule has 0 amide bonds. The van der Waals surface area contributed by atoms with Gasteiger partial charge in [0.15, 0.2) is 0 Å². The van der Waals surface area contributed by atoms with Crippen LogP contribution in [0.4, 0.5) is 0 Å². The summed E-state index contributed by atoms with van der Waals surface area (Å²) in [6.45, 7) is 0.0927. The van der Waals surface area contributed by atoms with Gasteiger partial charge in [-0.3, -0.25) is 0 Å². The molecule has 0 atom stereocenters. The van der Waals surface area contributed by atoms with Crippen LogP contribution in [0.1, 0.15) is 44.0 Å². The third-order valence-corrected chi connectivity index (χ3v) is 6.23. The Kier molecular flexibility index (Phi) is 4.45. The van der Waals surface area contributed by atoms with Crippen molar-refractivity contribution in [1.29, 1.82) is 0 Å². The Balaban J connectivity index is 1.57. The number of hydrogen-bond acceptors (Lipinski definition) is 6. The van der Waals surface area contributed by atoms with E-state index in [0.29, 0.717) is 22.9 Å². The van der Waals surface area contributed by atoms with E-state index in [-0.39, 0.29) is 11.4 Å². The Morgan fingerprint density at radius 2 is 2.00 bits per heavy atom. The molecule has 26 heavy (non-hydrogen) atoms. The van der Waals surface area contributed by atoms with Gasteiger partial charge in [0, 0.05) is 13.1 Å². The van der Waals surface area contributed by atoms with Gasteiger partial charge in [-0.1, -0.05) is 25.3 Å². The molecule has 1 fully saturated rings. The van der Waals surface area contributed by atoms with Crippen molar-refractivity contribution in [2.24, 2.45) is 7.05 Å². The lowest BCUT2D eigenvalue weighted by Gasteiger charge is -2.24. The summed E-state index contributed by atoms with van der Waals surface area (Å²) in [6, 6.07) is 5.28. The van der Waals surface area contributed by atoms with E-state index in [4.69, 9.17) is 0 Å². The zero-order valence-corrected chi connectivity index (χ0v) is 15.4. The van der Waals surface area contributed by atoms with E-state index >= 15 is 0 Å². The molecular weight excluding hydrogens is 354 g/mol. The van der Waals surface area contributed by atoms with Gasteiger partial charge in [0.05, 0.1) is 6.54 Å². The average molecular weight is 375 g/mol. The van der Waals surface area contributed by atoms with Crippen LogP contribution in [-0.4, -0.2) is 38.2 Å². The van der Waals surface area contributed by atoms with Crippen molar-refractivity contribution in [3.05, 3.63) is 30.4 Å². The molecule has 4 rings (SSSR count). The Bertz CT molecular complexity index is 1020. The van der Waals surface area contributed by atoms with Crippen molar-refractivity contribution in [2.75, 3.05) is 0 Å². The minimum atomic E-state index is -3.74. The molecule has 1 aromatic carbocycles. The first kappa shape index (κ1) is 17.1. The highest BCUT2D eigenvalue weighted by atomic mass is 32.2. The largest absolute Gasteiger partial charge is 0.313 e. The summed E-state index contributed by atoms with van der Waals surface area (Å²) in [5.41, 5.74) is 0.900. The standard InChI is InChI=1S/C16H21N7O2S/c1-22-20-13-8-5-9-14(16(13)21-22)26(24,25)18-10-15-19-17-11-23(15)12-6-3-2-4-7-12/h5,8-9,11-12,18H,2-4,6-7,10H2,1H3. The van der Waals surface area contributed by atoms with Crippen LogP contribution in [0.25, 0.3) is 11.0 Å². The van der Waals surface area contributed by atoms with E-state index in [9.17, 15) is 8.42 Å². The van der Waals surface area contributed by atoms with Gasteiger partial charge < -0.3 is 4.57 Å². The highest BCUT2D eigenvalue weighted by Crippen LogP contribution is 2.28. The van der Waals surface area contributed by atoms with Crippen molar-refractivity contribution >= 4 is 21.1 Å². The summed E-state index contributed by atoms with van der Waals surface area (Å²) in [6.07, 6.45) is 7.48. The zero-order valence-electron chi connectivity index (χ0n) is 14.5. The number of rotatable bonds is 5. The molecule has 1 aliphatic carbocycles. The number of nitrogens with zero attached hydrogens (tertiary/aromatic N) is 6. The second-order valence-corrected chi connectivity index (χ2v) is 8.32. The molecule has 1 saturated carbocycles. The van der Waals surface area contributed by atoms with E-state index in [1.165, 1.54) is 30.1 Å². The highest BCUT2D eigenvalue weighted by Gasteiger charge is 2.23. The maximum absolute atomic E-state index is 12.8. The Morgan fingerprint density at radius 3 is 2.81 bits per heavy atom. The van der Waals surface area contributed by atoms with Crippen molar-refractivity contribution in [1.82, 2.24) is 34.5 Å². The summed E-state index contributed by atoms with van der Waals surface area (Å²) in [5.74, 6) is 0.631.